The van der Waals surface area contributed by atoms with Gasteiger partial charge in [-0.25, -0.2) is 0 Å². The zero-order valence-electron chi connectivity index (χ0n) is 6.68. The van der Waals surface area contributed by atoms with E-state index in [0.717, 1.165) is 6.07 Å². The highest BCUT2D eigenvalue weighted by atomic mass is 16.4. The Balaban J connectivity index is 4.06. The van der Waals surface area contributed by atoms with E-state index in [-0.39, 0.29) is 10.9 Å². The minimum absolute atomic E-state index is 0.241. The molecule has 0 spiro atoms. The average Bonchev–Trinajstić information content (AvgIpc) is 2.04. The second-order valence-corrected chi connectivity index (χ2v) is 2.42. The van der Waals surface area contributed by atoms with Crippen LogP contribution in [0.4, 0.5) is 0 Å². The zero-order chi connectivity index (χ0) is 10.0. The molecule has 0 atom stereocenters. The molecule has 0 aliphatic rings. The molecule has 6 nitrogen and oxygen atoms in total. The van der Waals surface area contributed by atoms with Crippen molar-refractivity contribution in [1.29, 1.82) is 0 Å². The fraction of sp³-hybridized carbons (Fsp3) is 0.143. The Morgan fingerprint density at radius 3 is 2.15 bits per heavy atom. The maximum Gasteiger partial charge on any atom is 0.240 e. The number of nitrogens with zero attached hydrogens (tertiary/aromatic N) is 2. The molecule has 0 unspecified atom stereocenters. The minimum atomic E-state index is -0.880. The molecule has 0 heterocycles. The summed E-state index contributed by atoms with van der Waals surface area (Å²) in [5.41, 5.74) is -1.34. The van der Waals surface area contributed by atoms with E-state index in [1.807, 2.05) is 0 Å². The van der Waals surface area contributed by atoms with Gasteiger partial charge in [-0.05, 0) is 18.6 Å². The predicted octanol–water partition coefficient (Wildman–Crippen LogP) is -1.83. The predicted molar refractivity (Wildman–Crippen MR) is 40.8 cm³/mol. The van der Waals surface area contributed by atoms with Gasteiger partial charge in [0.1, 0.15) is 0 Å². The largest absolute Gasteiger partial charge is 0.410 e. The quantitative estimate of drug-likeness (QED) is 0.364. The number of benzene rings is 1. The molecule has 0 amide bonds. The van der Waals surface area contributed by atoms with Crippen LogP contribution in [0.15, 0.2) is 26.0 Å². The van der Waals surface area contributed by atoms with Gasteiger partial charge < -0.3 is 10.4 Å². The second-order valence-electron chi connectivity index (χ2n) is 2.42. The summed E-state index contributed by atoms with van der Waals surface area (Å²) in [4.78, 5) is 22.1. The molecule has 68 valence electrons. The Hall–Kier alpha value is -1.98. The van der Waals surface area contributed by atoms with Crippen molar-refractivity contribution in [3.63, 3.8) is 0 Å². The van der Waals surface area contributed by atoms with E-state index in [4.69, 9.17) is 10.4 Å². The maximum atomic E-state index is 11.2. The molecule has 1 aromatic rings. The number of hydrogen-bond donors (Lipinski definition) is 2. The van der Waals surface area contributed by atoms with Gasteiger partial charge in [-0.15, -0.1) is 0 Å². The minimum Gasteiger partial charge on any atom is -0.410 e. The summed E-state index contributed by atoms with van der Waals surface area (Å²) in [6.07, 6.45) is 0. The van der Waals surface area contributed by atoms with Crippen LogP contribution in [-0.4, -0.2) is 10.4 Å². The average molecular weight is 182 g/mol. The summed E-state index contributed by atoms with van der Waals surface area (Å²) in [6.45, 7) is 1.44. The van der Waals surface area contributed by atoms with Crippen LogP contribution in [0.2, 0.25) is 0 Å². The molecule has 6 heteroatoms. The van der Waals surface area contributed by atoms with E-state index in [1.165, 1.54) is 6.92 Å². The molecule has 0 fully saturated rings. The summed E-state index contributed by atoms with van der Waals surface area (Å²) in [6, 6.07) is 1.06. The van der Waals surface area contributed by atoms with Gasteiger partial charge in [-0.2, -0.15) is 0 Å². The molecule has 13 heavy (non-hydrogen) atoms. The molecule has 0 saturated carbocycles. The molecule has 0 aliphatic heterocycles. The normalized spacial score (nSPS) is 13.6. The van der Waals surface area contributed by atoms with Gasteiger partial charge in [-0.1, -0.05) is 10.3 Å². The Bertz CT molecular complexity index is 537. The van der Waals surface area contributed by atoms with Crippen LogP contribution in [0.5, 0.6) is 0 Å². The molecule has 0 saturated heterocycles. The lowest BCUT2D eigenvalue weighted by molar-refractivity contribution is 0.295. The van der Waals surface area contributed by atoms with Crippen molar-refractivity contribution in [2.45, 2.75) is 6.92 Å². The van der Waals surface area contributed by atoms with Gasteiger partial charge in [0.15, 0.2) is 10.7 Å². The SMILES string of the molecule is Cc1cc(=O)/c(=N\O)c(=O)/c1=N/O. The molecule has 2 N–H and O–H groups in total. The summed E-state index contributed by atoms with van der Waals surface area (Å²) in [5.74, 6) is 0. The van der Waals surface area contributed by atoms with Crippen molar-refractivity contribution in [2.24, 2.45) is 10.3 Å². The van der Waals surface area contributed by atoms with Gasteiger partial charge in [0.25, 0.3) is 0 Å². The molecule has 0 radical (unpaired) electrons. The molecule has 0 aromatic heterocycles. The summed E-state index contributed by atoms with van der Waals surface area (Å²) >= 11 is 0. The first-order chi connectivity index (χ1) is 6.11. The maximum absolute atomic E-state index is 11.2. The van der Waals surface area contributed by atoms with E-state index in [0.29, 0.717) is 0 Å². The van der Waals surface area contributed by atoms with Crippen molar-refractivity contribution in [3.8, 4) is 0 Å². The standard InChI is InChI=1S/C7H6N2O4/c1-3-2-4(10)6(9-13)7(11)5(3)8-12/h2,12-13H,1H3/b8-5+,9-6+. The van der Waals surface area contributed by atoms with Gasteiger partial charge in [0.2, 0.25) is 10.9 Å². The summed E-state index contributed by atoms with van der Waals surface area (Å²) in [7, 11) is 0. The zero-order valence-corrected chi connectivity index (χ0v) is 6.68. The summed E-state index contributed by atoms with van der Waals surface area (Å²) in [5, 5.41) is 21.0. The Kier molecular flexibility index (Phi) is 2.23. The molecular weight excluding hydrogens is 176 g/mol. The first kappa shape index (κ1) is 9.11. The monoisotopic (exact) mass is 182 g/mol. The van der Waals surface area contributed by atoms with Crippen LogP contribution in [0.25, 0.3) is 0 Å². The van der Waals surface area contributed by atoms with Crippen LogP contribution < -0.4 is 21.6 Å². The third kappa shape index (κ3) is 1.33. The van der Waals surface area contributed by atoms with Crippen LogP contribution in [0.3, 0.4) is 0 Å². The molecule has 1 aromatic carbocycles. The van der Waals surface area contributed by atoms with Crippen LogP contribution >= 0.6 is 0 Å². The van der Waals surface area contributed by atoms with Crippen molar-refractivity contribution in [1.82, 2.24) is 0 Å². The smallest absolute Gasteiger partial charge is 0.240 e. The fourth-order valence-electron chi connectivity index (χ4n) is 0.955. The van der Waals surface area contributed by atoms with Crippen molar-refractivity contribution in [3.05, 3.63) is 42.8 Å². The number of rotatable bonds is 0. The highest BCUT2D eigenvalue weighted by molar-refractivity contribution is 5.12. The molecule has 1 rings (SSSR count). The van der Waals surface area contributed by atoms with Gasteiger partial charge >= 0.3 is 0 Å². The second kappa shape index (κ2) is 3.18. The lowest BCUT2D eigenvalue weighted by atomic mass is 10.2. The third-order valence-electron chi connectivity index (χ3n) is 1.58. The van der Waals surface area contributed by atoms with Crippen molar-refractivity contribution < 1.29 is 10.4 Å². The Morgan fingerprint density at radius 1 is 1.15 bits per heavy atom. The lowest BCUT2D eigenvalue weighted by Gasteiger charge is -1.87. The van der Waals surface area contributed by atoms with Crippen LogP contribution in [0, 0.1) is 6.92 Å². The Labute approximate surface area is 71.4 Å². The Morgan fingerprint density at radius 2 is 1.69 bits per heavy atom. The van der Waals surface area contributed by atoms with Crippen molar-refractivity contribution >= 4 is 0 Å². The molecule has 0 aliphatic carbocycles. The highest BCUT2D eigenvalue weighted by Gasteiger charge is 2.04. The van der Waals surface area contributed by atoms with E-state index in [2.05, 4.69) is 10.3 Å². The number of hydrogen-bond acceptors (Lipinski definition) is 6. The van der Waals surface area contributed by atoms with E-state index in [1.54, 1.807) is 0 Å². The topological polar surface area (TPSA) is 99.3 Å². The first-order valence-corrected chi connectivity index (χ1v) is 3.33. The van der Waals surface area contributed by atoms with Gasteiger partial charge in [-0.3, -0.25) is 9.59 Å². The highest BCUT2D eigenvalue weighted by Crippen LogP contribution is 1.73. The first-order valence-electron chi connectivity index (χ1n) is 3.33. The fourth-order valence-corrected chi connectivity index (χ4v) is 0.955. The van der Waals surface area contributed by atoms with Crippen LogP contribution in [0.1, 0.15) is 5.56 Å². The third-order valence-corrected chi connectivity index (χ3v) is 1.58. The van der Waals surface area contributed by atoms with Crippen LogP contribution in [-0.2, 0) is 0 Å². The lowest BCUT2D eigenvalue weighted by Crippen LogP contribution is -2.48. The number of aryl methyl sites for hydroxylation is 1. The van der Waals surface area contributed by atoms with Gasteiger partial charge in [0, 0.05) is 0 Å². The van der Waals surface area contributed by atoms with E-state index in [9.17, 15) is 9.59 Å². The molecular formula is C7H6N2O4. The summed E-state index contributed by atoms with van der Waals surface area (Å²) < 4.78 is 0. The molecule has 0 bridgehead atoms. The van der Waals surface area contributed by atoms with Crippen molar-refractivity contribution in [2.75, 3.05) is 0 Å². The van der Waals surface area contributed by atoms with E-state index < -0.39 is 16.2 Å². The van der Waals surface area contributed by atoms with E-state index >= 15 is 0 Å². The van der Waals surface area contributed by atoms with Gasteiger partial charge in [0.05, 0.1) is 0 Å².